The molecule has 0 N–H and O–H groups in total. The average Bonchev–Trinajstić information content (AvgIpc) is 2.99. The molecule has 5 heteroatoms. The molecule has 0 aromatic heterocycles. The highest BCUT2D eigenvalue weighted by atomic mass is 35.5. The van der Waals surface area contributed by atoms with E-state index in [1.54, 1.807) is 11.8 Å². The highest BCUT2D eigenvalue weighted by Gasteiger charge is 2.24. The number of fused-ring (bicyclic) bond motifs is 1. The van der Waals surface area contributed by atoms with Gasteiger partial charge in [-0.05, 0) is 61.4 Å². The Kier molecular flexibility index (Phi) is 4.97. The minimum absolute atomic E-state index is 0.0412. The van der Waals surface area contributed by atoms with Crippen molar-refractivity contribution < 1.29 is 9.59 Å². The second-order valence-corrected chi connectivity index (χ2v) is 7.69. The number of thioether (sulfide) groups is 1. The molecule has 0 saturated carbocycles. The summed E-state index contributed by atoms with van der Waals surface area (Å²) in [5, 5.41) is 0.501. The minimum atomic E-state index is -0.186. The average molecular weight is 360 g/mol. The number of hydrogen-bond donors (Lipinski definition) is 0. The van der Waals surface area contributed by atoms with E-state index in [1.807, 2.05) is 49.4 Å². The van der Waals surface area contributed by atoms with Gasteiger partial charge in [-0.3, -0.25) is 9.59 Å². The van der Waals surface area contributed by atoms with Crippen molar-refractivity contribution in [2.75, 3.05) is 11.4 Å². The fourth-order valence-electron chi connectivity index (χ4n) is 2.89. The number of anilines is 1. The predicted octanol–water partition coefficient (Wildman–Crippen LogP) is 4.61. The molecule has 1 aliphatic heterocycles. The van der Waals surface area contributed by atoms with E-state index in [9.17, 15) is 9.59 Å². The summed E-state index contributed by atoms with van der Waals surface area (Å²) < 4.78 is 0. The van der Waals surface area contributed by atoms with Gasteiger partial charge in [0.2, 0.25) is 5.91 Å². The van der Waals surface area contributed by atoms with Crippen molar-refractivity contribution in [3.8, 4) is 0 Å². The number of amides is 1. The summed E-state index contributed by atoms with van der Waals surface area (Å²) in [7, 11) is 0. The van der Waals surface area contributed by atoms with Crippen molar-refractivity contribution in [1.82, 2.24) is 0 Å². The lowest BCUT2D eigenvalue weighted by Crippen LogP contribution is -2.25. The number of nitrogens with zero attached hydrogens (tertiary/aromatic N) is 1. The Hall–Kier alpha value is -1.78. The van der Waals surface area contributed by atoms with Gasteiger partial charge in [0.15, 0.2) is 5.78 Å². The number of rotatable bonds is 4. The van der Waals surface area contributed by atoms with Gasteiger partial charge in [0, 0.05) is 34.6 Å². The maximum Gasteiger partial charge on any atom is 0.223 e. The maximum atomic E-state index is 12.7. The first kappa shape index (κ1) is 17.1. The highest BCUT2D eigenvalue weighted by molar-refractivity contribution is 8.00. The molecule has 0 saturated heterocycles. The molecule has 124 valence electrons. The zero-order valence-corrected chi connectivity index (χ0v) is 15.2. The molecule has 0 spiro atoms. The predicted molar refractivity (Wildman–Crippen MR) is 99.3 cm³/mol. The van der Waals surface area contributed by atoms with Crippen LogP contribution in [0.3, 0.4) is 0 Å². The second kappa shape index (κ2) is 6.99. The Balaban J connectivity index is 1.75. The summed E-state index contributed by atoms with van der Waals surface area (Å²) in [6.07, 6.45) is 0.800. The molecule has 0 unspecified atom stereocenters. The van der Waals surface area contributed by atoms with E-state index in [4.69, 9.17) is 11.6 Å². The van der Waals surface area contributed by atoms with Gasteiger partial charge in [-0.25, -0.2) is 0 Å². The molecular weight excluding hydrogens is 342 g/mol. The molecule has 1 aliphatic rings. The van der Waals surface area contributed by atoms with Crippen LogP contribution in [0.15, 0.2) is 47.4 Å². The van der Waals surface area contributed by atoms with Gasteiger partial charge in [0.25, 0.3) is 0 Å². The molecule has 1 amide bonds. The highest BCUT2D eigenvalue weighted by Crippen LogP contribution is 2.31. The topological polar surface area (TPSA) is 37.4 Å². The number of carbonyl (C=O) groups excluding carboxylic acids is 2. The van der Waals surface area contributed by atoms with Crippen LogP contribution in [0, 0.1) is 0 Å². The number of halogens is 1. The van der Waals surface area contributed by atoms with Gasteiger partial charge in [-0.15, -0.1) is 11.8 Å². The molecule has 3 nitrogen and oxygen atoms in total. The fraction of sp³-hybridized carbons (Fsp3) is 0.263. The Bertz CT molecular complexity index is 788. The second-order valence-electron chi connectivity index (χ2n) is 5.84. The number of ketones is 1. The zero-order valence-electron chi connectivity index (χ0n) is 13.6. The van der Waals surface area contributed by atoms with Crippen LogP contribution in [0.5, 0.6) is 0 Å². The summed E-state index contributed by atoms with van der Waals surface area (Å²) in [4.78, 5) is 27.1. The van der Waals surface area contributed by atoms with Crippen LogP contribution in [0.1, 0.15) is 29.8 Å². The first-order valence-corrected chi connectivity index (χ1v) is 9.09. The molecule has 0 aliphatic carbocycles. The van der Waals surface area contributed by atoms with Gasteiger partial charge >= 0.3 is 0 Å². The van der Waals surface area contributed by atoms with Crippen molar-refractivity contribution in [1.29, 1.82) is 0 Å². The zero-order chi connectivity index (χ0) is 17.3. The number of Topliss-reactive ketones (excluding diaryl/α,β-unsaturated/α-hetero) is 1. The van der Waals surface area contributed by atoms with Gasteiger partial charge in [-0.2, -0.15) is 0 Å². The quantitative estimate of drug-likeness (QED) is 0.590. The van der Waals surface area contributed by atoms with Gasteiger partial charge in [-0.1, -0.05) is 11.6 Å². The van der Waals surface area contributed by atoms with E-state index in [0.717, 1.165) is 22.6 Å². The van der Waals surface area contributed by atoms with Crippen LogP contribution < -0.4 is 4.90 Å². The van der Waals surface area contributed by atoms with E-state index in [-0.39, 0.29) is 16.9 Å². The van der Waals surface area contributed by atoms with Crippen LogP contribution in [0.2, 0.25) is 5.02 Å². The molecule has 24 heavy (non-hydrogen) atoms. The third-order valence-corrected chi connectivity index (χ3v) is 5.50. The fourth-order valence-corrected chi connectivity index (χ4v) is 3.96. The number of hydrogen-bond acceptors (Lipinski definition) is 3. The summed E-state index contributed by atoms with van der Waals surface area (Å²) in [6.45, 7) is 4.17. The lowest BCUT2D eigenvalue weighted by atomic mass is 10.0. The summed E-state index contributed by atoms with van der Waals surface area (Å²) in [6, 6.07) is 13.1. The van der Waals surface area contributed by atoms with Gasteiger partial charge < -0.3 is 4.90 Å². The third-order valence-electron chi connectivity index (χ3n) is 4.14. The maximum absolute atomic E-state index is 12.7. The van der Waals surface area contributed by atoms with Crippen molar-refractivity contribution in [2.45, 2.75) is 30.4 Å². The van der Waals surface area contributed by atoms with E-state index >= 15 is 0 Å². The normalized spacial score (nSPS) is 14.4. The molecule has 0 radical (unpaired) electrons. The minimum Gasteiger partial charge on any atom is -0.312 e. The summed E-state index contributed by atoms with van der Waals surface area (Å²) in [5.74, 6) is 0.138. The van der Waals surface area contributed by atoms with E-state index < -0.39 is 0 Å². The molecular formula is C19H18ClNO2S. The van der Waals surface area contributed by atoms with Crippen LogP contribution >= 0.6 is 23.4 Å². The molecule has 2 aromatic rings. The van der Waals surface area contributed by atoms with E-state index in [2.05, 4.69) is 0 Å². The van der Waals surface area contributed by atoms with Crippen LogP contribution in [-0.2, 0) is 11.2 Å². The standard InChI is InChI=1S/C19H18ClNO2S/c1-12(24-17-6-4-16(20)5-7-17)19(23)15-3-8-18-14(11-15)9-10-21(18)13(2)22/h3-8,11-12H,9-10H2,1-2H3/t12-/m0/s1. The summed E-state index contributed by atoms with van der Waals surface area (Å²) in [5.41, 5.74) is 2.70. The van der Waals surface area contributed by atoms with Crippen molar-refractivity contribution in [3.63, 3.8) is 0 Å². The first-order valence-electron chi connectivity index (χ1n) is 7.83. The third kappa shape index (κ3) is 3.50. The lowest BCUT2D eigenvalue weighted by molar-refractivity contribution is -0.116. The monoisotopic (exact) mass is 359 g/mol. The number of benzene rings is 2. The van der Waals surface area contributed by atoms with Crippen LogP contribution in [0.4, 0.5) is 5.69 Å². The Morgan fingerprint density at radius 1 is 1.17 bits per heavy atom. The Morgan fingerprint density at radius 2 is 1.88 bits per heavy atom. The molecule has 3 rings (SSSR count). The Morgan fingerprint density at radius 3 is 2.54 bits per heavy atom. The summed E-state index contributed by atoms with van der Waals surface area (Å²) >= 11 is 7.41. The molecule has 0 fully saturated rings. The van der Waals surface area contributed by atoms with Gasteiger partial charge in [0.05, 0.1) is 5.25 Å². The van der Waals surface area contributed by atoms with Crippen LogP contribution in [-0.4, -0.2) is 23.5 Å². The first-order chi connectivity index (χ1) is 11.5. The molecule has 1 heterocycles. The van der Waals surface area contributed by atoms with Crippen molar-refractivity contribution in [2.24, 2.45) is 0 Å². The molecule has 0 bridgehead atoms. The van der Waals surface area contributed by atoms with Crippen molar-refractivity contribution in [3.05, 3.63) is 58.6 Å². The lowest BCUT2D eigenvalue weighted by Gasteiger charge is -2.15. The van der Waals surface area contributed by atoms with Gasteiger partial charge in [0.1, 0.15) is 0 Å². The van der Waals surface area contributed by atoms with Crippen molar-refractivity contribution >= 4 is 40.7 Å². The molecule has 1 atom stereocenters. The Labute approximate surface area is 151 Å². The number of carbonyl (C=O) groups is 2. The van der Waals surface area contributed by atoms with E-state index in [0.29, 0.717) is 17.1 Å². The van der Waals surface area contributed by atoms with Crippen LogP contribution in [0.25, 0.3) is 0 Å². The SMILES string of the molecule is CC(=O)N1CCc2cc(C(=O)[C@H](C)Sc3ccc(Cl)cc3)ccc21. The smallest absolute Gasteiger partial charge is 0.223 e. The molecule has 2 aromatic carbocycles. The largest absolute Gasteiger partial charge is 0.312 e. The van der Waals surface area contributed by atoms with E-state index in [1.165, 1.54) is 11.8 Å².